The Morgan fingerprint density at radius 2 is 0.807 bits per heavy atom. The lowest BCUT2D eigenvalue weighted by Gasteiger charge is -2.10. The summed E-state index contributed by atoms with van der Waals surface area (Å²) in [4.78, 5) is 9.14. The number of nitrogens with zero attached hydrogens (tertiary/aromatic N) is 5. The highest BCUT2D eigenvalue weighted by Gasteiger charge is 2.21. The maximum absolute atomic E-state index is 4.75. The number of rotatable bonds is 5. The monoisotopic (exact) mass is 727 g/mol. The maximum atomic E-state index is 4.75. The Hall–Kier alpha value is -7.76. The summed E-state index contributed by atoms with van der Waals surface area (Å²) in [6.07, 6.45) is 3.55. The van der Waals surface area contributed by atoms with Crippen LogP contribution in [0.25, 0.3) is 105 Å². The van der Waals surface area contributed by atoms with Crippen LogP contribution in [-0.2, 0) is 0 Å². The molecule has 4 aromatic heterocycles. The van der Waals surface area contributed by atoms with Gasteiger partial charge in [0.15, 0.2) is 0 Å². The van der Waals surface area contributed by atoms with E-state index >= 15 is 0 Å². The zero-order valence-corrected chi connectivity index (χ0v) is 30.8. The van der Waals surface area contributed by atoms with E-state index in [2.05, 4.69) is 201 Å². The van der Waals surface area contributed by atoms with Gasteiger partial charge in [0.05, 0.1) is 44.8 Å². The van der Waals surface area contributed by atoms with Gasteiger partial charge < -0.3 is 13.7 Å². The molecule has 8 aromatic carbocycles. The van der Waals surface area contributed by atoms with Crippen LogP contribution < -0.4 is 0 Å². The number of para-hydroxylation sites is 4. The first kappa shape index (κ1) is 31.6. The van der Waals surface area contributed by atoms with E-state index in [1.807, 2.05) is 12.3 Å². The highest BCUT2D eigenvalue weighted by atomic mass is 15.0. The van der Waals surface area contributed by atoms with Gasteiger partial charge in [0.2, 0.25) is 0 Å². The van der Waals surface area contributed by atoms with Gasteiger partial charge >= 0.3 is 0 Å². The lowest BCUT2D eigenvalue weighted by atomic mass is 9.97. The molecule has 0 saturated heterocycles. The second kappa shape index (κ2) is 12.4. The lowest BCUT2D eigenvalue weighted by molar-refractivity contribution is 1.14. The standard InChI is InChI=1S/C52H33N5/c1-4-15-38(16-5-1)55-44-22-11-10-21-41(44)50-46(55)27-28-47-51(50)42-25-23-37(31-48(42)57(47)40-19-8-3-9-20-40)35-14-12-13-34(29-35)36-24-26-45-43(30-36)52-49(32-53-33-54-52)56(45)39-17-6-2-7-18-39/h1-33H. The van der Waals surface area contributed by atoms with Crippen LogP contribution in [-0.4, -0.2) is 23.7 Å². The van der Waals surface area contributed by atoms with Crippen molar-refractivity contribution in [2.75, 3.05) is 0 Å². The number of fused-ring (bicyclic) bond motifs is 10. The van der Waals surface area contributed by atoms with Crippen LogP contribution >= 0.6 is 0 Å². The van der Waals surface area contributed by atoms with Gasteiger partial charge in [-0.15, -0.1) is 0 Å². The fourth-order valence-electron chi connectivity index (χ4n) is 9.11. The van der Waals surface area contributed by atoms with Crippen molar-refractivity contribution in [3.05, 3.63) is 201 Å². The molecule has 0 amide bonds. The molecule has 0 aliphatic carbocycles. The van der Waals surface area contributed by atoms with Crippen LogP contribution in [0.1, 0.15) is 0 Å². The van der Waals surface area contributed by atoms with E-state index in [1.165, 1.54) is 54.7 Å². The highest BCUT2D eigenvalue weighted by molar-refractivity contribution is 6.29. The van der Waals surface area contributed by atoms with Gasteiger partial charge in [-0.2, -0.15) is 0 Å². The number of hydrogen-bond acceptors (Lipinski definition) is 2. The molecule has 0 radical (unpaired) electrons. The molecule has 0 saturated carbocycles. The molecular weight excluding hydrogens is 695 g/mol. The molecule has 0 unspecified atom stereocenters. The fraction of sp³-hybridized carbons (Fsp3) is 0. The third-order valence-electron chi connectivity index (χ3n) is 11.6. The smallest absolute Gasteiger partial charge is 0.116 e. The molecule has 0 spiro atoms. The average Bonchev–Trinajstić information content (AvgIpc) is 3.92. The third-order valence-corrected chi connectivity index (χ3v) is 11.6. The van der Waals surface area contributed by atoms with Crippen molar-refractivity contribution >= 4 is 65.5 Å². The Balaban J connectivity index is 1.06. The molecule has 5 heteroatoms. The van der Waals surface area contributed by atoms with Gasteiger partial charge in [-0.1, -0.05) is 109 Å². The molecule has 5 nitrogen and oxygen atoms in total. The summed E-state index contributed by atoms with van der Waals surface area (Å²) in [6, 6.07) is 67.9. The van der Waals surface area contributed by atoms with E-state index in [-0.39, 0.29) is 0 Å². The second-order valence-corrected chi connectivity index (χ2v) is 14.7. The Labute approximate surface area is 328 Å². The third kappa shape index (κ3) is 4.76. The quantitative estimate of drug-likeness (QED) is 0.177. The van der Waals surface area contributed by atoms with Crippen LogP contribution in [0.4, 0.5) is 0 Å². The first-order valence-electron chi connectivity index (χ1n) is 19.3. The van der Waals surface area contributed by atoms with E-state index in [9.17, 15) is 0 Å². The lowest BCUT2D eigenvalue weighted by Crippen LogP contribution is -1.94. The molecule has 4 heterocycles. The second-order valence-electron chi connectivity index (χ2n) is 14.7. The molecule has 12 rings (SSSR count). The Kier molecular flexibility index (Phi) is 6.86. The molecule has 266 valence electrons. The Bertz CT molecular complexity index is 3500. The molecule has 0 N–H and O–H groups in total. The van der Waals surface area contributed by atoms with Crippen molar-refractivity contribution in [1.29, 1.82) is 0 Å². The van der Waals surface area contributed by atoms with Crippen LogP contribution in [0.2, 0.25) is 0 Å². The minimum Gasteiger partial charge on any atom is -0.309 e. The van der Waals surface area contributed by atoms with Crippen LogP contribution in [0.5, 0.6) is 0 Å². The average molecular weight is 728 g/mol. The molecule has 12 aromatic rings. The van der Waals surface area contributed by atoms with Gasteiger partial charge in [0.1, 0.15) is 6.33 Å². The largest absolute Gasteiger partial charge is 0.309 e. The summed E-state index contributed by atoms with van der Waals surface area (Å²) < 4.78 is 7.09. The summed E-state index contributed by atoms with van der Waals surface area (Å²) >= 11 is 0. The van der Waals surface area contributed by atoms with Crippen molar-refractivity contribution in [3.8, 4) is 39.3 Å². The Morgan fingerprint density at radius 1 is 0.316 bits per heavy atom. The summed E-state index contributed by atoms with van der Waals surface area (Å²) in [7, 11) is 0. The molecule has 0 fully saturated rings. The van der Waals surface area contributed by atoms with E-state index in [0.29, 0.717) is 0 Å². The van der Waals surface area contributed by atoms with E-state index in [4.69, 9.17) is 4.98 Å². The summed E-state index contributed by atoms with van der Waals surface area (Å²) in [5.41, 5.74) is 15.9. The molecular formula is C52H33N5. The van der Waals surface area contributed by atoms with Gasteiger partial charge in [-0.05, 0) is 101 Å². The first-order chi connectivity index (χ1) is 28.3. The maximum Gasteiger partial charge on any atom is 0.116 e. The van der Waals surface area contributed by atoms with Crippen molar-refractivity contribution in [2.24, 2.45) is 0 Å². The van der Waals surface area contributed by atoms with Crippen molar-refractivity contribution in [2.45, 2.75) is 0 Å². The molecule has 0 atom stereocenters. The van der Waals surface area contributed by atoms with E-state index in [0.717, 1.165) is 50.1 Å². The van der Waals surface area contributed by atoms with Gasteiger partial charge in [0, 0.05) is 44.0 Å². The molecule has 0 aliphatic rings. The highest BCUT2D eigenvalue weighted by Crippen LogP contribution is 2.43. The van der Waals surface area contributed by atoms with E-state index < -0.39 is 0 Å². The molecule has 0 bridgehead atoms. The predicted octanol–water partition coefficient (Wildman–Crippen LogP) is 13.1. The number of aromatic nitrogens is 5. The zero-order valence-electron chi connectivity index (χ0n) is 30.8. The molecule has 0 aliphatic heterocycles. The van der Waals surface area contributed by atoms with Gasteiger partial charge in [0.25, 0.3) is 0 Å². The number of hydrogen-bond donors (Lipinski definition) is 0. The van der Waals surface area contributed by atoms with E-state index in [1.54, 1.807) is 6.33 Å². The van der Waals surface area contributed by atoms with Crippen LogP contribution in [0.3, 0.4) is 0 Å². The van der Waals surface area contributed by atoms with Crippen LogP contribution in [0.15, 0.2) is 201 Å². The minimum absolute atomic E-state index is 0.946. The fourth-order valence-corrected chi connectivity index (χ4v) is 9.11. The predicted molar refractivity (Wildman–Crippen MR) is 236 cm³/mol. The SMILES string of the molecule is c1ccc(-n2c3ccc(-c4cccc(-c5ccc6c7c8c9ccccc9n(-c9ccccc9)c8ccc7n(-c7ccccc7)c6c5)c4)cc3c3ncncc32)cc1. The summed E-state index contributed by atoms with van der Waals surface area (Å²) in [5, 5.41) is 6.13. The normalized spacial score (nSPS) is 11.9. The van der Waals surface area contributed by atoms with Crippen molar-refractivity contribution in [3.63, 3.8) is 0 Å². The number of benzene rings is 8. The van der Waals surface area contributed by atoms with Crippen LogP contribution in [0, 0.1) is 0 Å². The van der Waals surface area contributed by atoms with Gasteiger partial charge in [-0.25, -0.2) is 9.97 Å². The Morgan fingerprint density at radius 3 is 1.47 bits per heavy atom. The van der Waals surface area contributed by atoms with Crippen molar-refractivity contribution < 1.29 is 0 Å². The minimum atomic E-state index is 0.946. The van der Waals surface area contributed by atoms with Gasteiger partial charge in [-0.3, -0.25) is 0 Å². The van der Waals surface area contributed by atoms with Crippen molar-refractivity contribution in [1.82, 2.24) is 23.7 Å². The molecule has 57 heavy (non-hydrogen) atoms. The zero-order chi connectivity index (χ0) is 37.5. The first-order valence-corrected chi connectivity index (χ1v) is 19.3. The topological polar surface area (TPSA) is 40.6 Å². The summed E-state index contributed by atoms with van der Waals surface area (Å²) in [6.45, 7) is 0. The summed E-state index contributed by atoms with van der Waals surface area (Å²) in [5.74, 6) is 0.